The number of unbranched alkanes of at least 4 members (excludes halogenated alkanes) is 20. The van der Waals surface area contributed by atoms with Crippen molar-refractivity contribution in [3.63, 3.8) is 0 Å². The summed E-state index contributed by atoms with van der Waals surface area (Å²) < 4.78 is 0. The van der Waals surface area contributed by atoms with E-state index in [1.807, 2.05) is 5.57 Å². The van der Waals surface area contributed by atoms with Gasteiger partial charge >= 0.3 is 0 Å². The second-order valence-electron chi connectivity index (χ2n) is 11.3. The second-order valence-corrected chi connectivity index (χ2v) is 11.3. The Morgan fingerprint density at radius 3 is 1.21 bits per heavy atom. The van der Waals surface area contributed by atoms with E-state index in [4.69, 9.17) is 0 Å². The first kappa shape index (κ1) is 33.7. The van der Waals surface area contributed by atoms with Crippen molar-refractivity contribution in [2.24, 2.45) is 5.92 Å². The molecule has 0 spiro atoms. The third-order valence-corrected chi connectivity index (χ3v) is 7.87. The van der Waals surface area contributed by atoms with Crippen molar-refractivity contribution in [2.45, 2.75) is 201 Å². The Kier molecular flexibility index (Phi) is 28.8. The van der Waals surface area contributed by atoms with Crippen molar-refractivity contribution >= 4 is 0 Å². The zero-order valence-electron chi connectivity index (χ0n) is 24.7. The standard InChI is InChI=1S/C34H68/c1-5-9-13-17-20-24-28-32-33(29-25-21-16-12-8-4)34(30-26-22-18-14-10-6-2)31-27-23-19-15-11-7-3/h32,34H,5-31H2,1-4H3/b33-32-. The molecule has 0 aliphatic rings. The summed E-state index contributed by atoms with van der Waals surface area (Å²) in [6.45, 7) is 9.32. The lowest BCUT2D eigenvalue weighted by molar-refractivity contribution is 0.434. The Bertz CT molecular complexity index is 377. The average Bonchev–Trinajstić information content (AvgIpc) is 2.85. The highest BCUT2D eigenvalue weighted by molar-refractivity contribution is 5.07. The van der Waals surface area contributed by atoms with Crippen LogP contribution in [0.4, 0.5) is 0 Å². The van der Waals surface area contributed by atoms with Crippen molar-refractivity contribution < 1.29 is 0 Å². The first-order chi connectivity index (χ1) is 16.8. The first-order valence-corrected chi connectivity index (χ1v) is 16.5. The van der Waals surface area contributed by atoms with Gasteiger partial charge in [0.05, 0.1) is 0 Å². The topological polar surface area (TPSA) is 0 Å². The van der Waals surface area contributed by atoms with Gasteiger partial charge in [0.15, 0.2) is 0 Å². The van der Waals surface area contributed by atoms with Gasteiger partial charge in [0.1, 0.15) is 0 Å². The largest absolute Gasteiger partial charge is 0.0851 e. The minimum Gasteiger partial charge on any atom is -0.0851 e. The van der Waals surface area contributed by atoms with Crippen molar-refractivity contribution in [1.29, 1.82) is 0 Å². The van der Waals surface area contributed by atoms with Crippen LogP contribution in [0.15, 0.2) is 11.6 Å². The average molecular weight is 477 g/mol. The molecule has 0 radical (unpaired) electrons. The van der Waals surface area contributed by atoms with Gasteiger partial charge in [-0.1, -0.05) is 174 Å². The molecule has 34 heavy (non-hydrogen) atoms. The van der Waals surface area contributed by atoms with Crippen LogP contribution in [0.25, 0.3) is 0 Å². The van der Waals surface area contributed by atoms with E-state index in [0.717, 1.165) is 5.92 Å². The molecule has 0 atom stereocenters. The molecule has 0 heterocycles. The third-order valence-electron chi connectivity index (χ3n) is 7.87. The summed E-state index contributed by atoms with van der Waals surface area (Å²) in [5.41, 5.74) is 1.88. The maximum absolute atomic E-state index is 2.75. The molecule has 0 unspecified atom stereocenters. The third kappa shape index (κ3) is 23.5. The quantitative estimate of drug-likeness (QED) is 0.0777. The number of hydrogen-bond acceptors (Lipinski definition) is 0. The molecule has 0 rings (SSSR count). The molecule has 0 N–H and O–H groups in total. The SMILES string of the molecule is CCCCCCCC/C=C(/CCCCCCC)C(CCCCCCCC)CCCCCCCC. The Morgan fingerprint density at radius 1 is 0.412 bits per heavy atom. The summed E-state index contributed by atoms with van der Waals surface area (Å²) in [6, 6.07) is 0. The van der Waals surface area contributed by atoms with Crippen LogP contribution < -0.4 is 0 Å². The van der Waals surface area contributed by atoms with E-state index in [9.17, 15) is 0 Å². The fourth-order valence-corrected chi connectivity index (χ4v) is 5.47. The van der Waals surface area contributed by atoms with Gasteiger partial charge in [-0.15, -0.1) is 0 Å². The summed E-state index contributed by atoms with van der Waals surface area (Å²) >= 11 is 0. The van der Waals surface area contributed by atoms with Gasteiger partial charge in [-0.3, -0.25) is 0 Å². The van der Waals surface area contributed by atoms with Crippen LogP contribution in [0.3, 0.4) is 0 Å². The van der Waals surface area contributed by atoms with Gasteiger partial charge in [0.2, 0.25) is 0 Å². The molecule has 0 saturated heterocycles. The van der Waals surface area contributed by atoms with Crippen molar-refractivity contribution in [3.8, 4) is 0 Å². The zero-order chi connectivity index (χ0) is 25.0. The highest BCUT2D eigenvalue weighted by atomic mass is 14.2. The van der Waals surface area contributed by atoms with Crippen LogP contribution in [-0.2, 0) is 0 Å². The van der Waals surface area contributed by atoms with Crippen LogP contribution in [-0.4, -0.2) is 0 Å². The van der Waals surface area contributed by atoms with Crippen molar-refractivity contribution in [2.75, 3.05) is 0 Å². The monoisotopic (exact) mass is 477 g/mol. The van der Waals surface area contributed by atoms with E-state index in [0.29, 0.717) is 0 Å². The second kappa shape index (κ2) is 29.0. The minimum absolute atomic E-state index is 0.892. The lowest BCUT2D eigenvalue weighted by atomic mass is 9.84. The van der Waals surface area contributed by atoms with E-state index >= 15 is 0 Å². The van der Waals surface area contributed by atoms with Crippen LogP contribution in [0.2, 0.25) is 0 Å². The molecule has 0 heteroatoms. The maximum Gasteiger partial charge on any atom is -0.0203 e. The highest BCUT2D eigenvalue weighted by Crippen LogP contribution is 2.30. The van der Waals surface area contributed by atoms with E-state index < -0.39 is 0 Å². The molecule has 0 aliphatic carbocycles. The van der Waals surface area contributed by atoms with Gasteiger partial charge in [0.25, 0.3) is 0 Å². The molecular weight excluding hydrogens is 408 g/mol. The molecule has 204 valence electrons. The van der Waals surface area contributed by atoms with E-state index in [1.165, 1.54) is 173 Å². The predicted octanol–water partition coefficient (Wildman–Crippen LogP) is 13.1. The summed E-state index contributed by atoms with van der Waals surface area (Å²) in [4.78, 5) is 0. The molecule has 0 amide bonds. The molecular formula is C34H68. The number of allylic oxidation sites excluding steroid dienone is 2. The normalized spacial score (nSPS) is 12.2. The molecule has 0 saturated carbocycles. The summed E-state index contributed by atoms with van der Waals surface area (Å²) in [7, 11) is 0. The van der Waals surface area contributed by atoms with E-state index in [1.54, 1.807) is 0 Å². The number of hydrogen-bond donors (Lipinski definition) is 0. The maximum atomic E-state index is 2.75. The van der Waals surface area contributed by atoms with Crippen LogP contribution in [0.5, 0.6) is 0 Å². The first-order valence-electron chi connectivity index (χ1n) is 16.5. The summed E-state index contributed by atoms with van der Waals surface area (Å²) in [5, 5.41) is 0. The van der Waals surface area contributed by atoms with Crippen LogP contribution in [0.1, 0.15) is 201 Å². The lowest BCUT2D eigenvalue weighted by Crippen LogP contribution is -2.06. The van der Waals surface area contributed by atoms with Crippen LogP contribution in [0, 0.1) is 5.92 Å². The van der Waals surface area contributed by atoms with Gasteiger partial charge in [0, 0.05) is 0 Å². The van der Waals surface area contributed by atoms with Gasteiger partial charge in [-0.2, -0.15) is 0 Å². The van der Waals surface area contributed by atoms with Crippen molar-refractivity contribution in [3.05, 3.63) is 11.6 Å². The Balaban J connectivity index is 4.78. The Hall–Kier alpha value is -0.260. The highest BCUT2D eigenvalue weighted by Gasteiger charge is 2.14. The molecule has 0 aliphatic heterocycles. The smallest absolute Gasteiger partial charge is 0.0203 e. The van der Waals surface area contributed by atoms with Gasteiger partial charge < -0.3 is 0 Å². The zero-order valence-corrected chi connectivity index (χ0v) is 24.7. The van der Waals surface area contributed by atoms with Gasteiger partial charge in [-0.25, -0.2) is 0 Å². The minimum atomic E-state index is 0.892. The number of rotatable bonds is 28. The van der Waals surface area contributed by atoms with E-state index in [2.05, 4.69) is 33.8 Å². The Labute approximate surface area is 218 Å². The van der Waals surface area contributed by atoms with Crippen molar-refractivity contribution in [1.82, 2.24) is 0 Å². The molecule has 0 nitrogen and oxygen atoms in total. The van der Waals surface area contributed by atoms with Crippen LogP contribution >= 0.6 is 0 Å². The molecule has 0 bridgehead atoms. The summed E-state index contributed by atoms with van der Waals surface area (Å²) in [5.74, 6) is 0.892. The lowest BCUT2D eigenvalue weighted by Gasteiger charge is -2.22. The summed E-state index contributed by atoms with van der Waals surface area (Å²) in [6.07, 6.45) is 41.4. The predicted molar refractivity (Wildman–Crippen MR) is 159 cm³/mol. The fourth-order valence-electron chi connectivity index (χ4n) is 5.47. The molecule has 0 fully saturated rings. The Morgan fingerprint density at radius 2 is 0.765 bits per heavy atom. The fraction of sp³-hybridized carbons (Fsp3) is 0.941. The van der Waals surface area contributed by atoms with Gasteiger partial charge in [-0.05, 0) is 44.4 Å². The molecule has 0 aromatic rings. The van der Waals surface area contributed by atoms with E-state index in [-0.39, 0.29) is 0 Å². The molecule has 0 aromatic heterocycles. The molecule has 0 aromatic carbocycles.